The molecule has 0 atom stereocenters. The van der Waals surface area contributed by atoms with E-state index in [1.54, 1.807) is 0 Å². The summed E-state index contributed by atoms with van der Waals surface area (Å²) in [6.45, 7) is 8.50. The highest BCUT2D eigenvalue weighted by molar-refractivity contribution is 6.30. The van der Waals surface area contributed by atoms with Crippen LogP contribution in [0.25, 0.3) is 0 Å². The molecule has 0 unspecified atom stereocenters. The number of piperazine rings is 1. The quantitative estimate of drug-likeness (QED) is 0.862. The van der Waals surface area contributed by atoms with E-state index < -0.39 is 0 Å². The van der Waals surface area contributed by atoms with Crippen molar-refractivity contribution >= 4 is 11.6 Å². The Kier molecular flexibility index (Phi) is 5.08. The van der Waals surface area contributed by atoms with Crippen molar-refractivity contribution in [3.8, 4) is 0 Å². The summed E-state index contributed by atoms with van der Waals surface area (Å²) in [7, 11) is 0. The van der Waals surface area contributed by atoms with Gasteiger partial charge in [0.2, 0.25) is 0 Å². The molecule has 0 radical (unpaired) electrons. The van der Waals surface area contributed by atoms with Crippen LogP contribution in [0.4, 0.5) is 0 Å². The van der Waals surface area contributed by atoms with E-state index in [0.717, 1.165) is 44.3 Å². The van der Waals surface area contributed by atoms with E-state index >= 15 is 0 Å². The zero-order valence-electron chi connectivity index (χ0n) is 13.0. The molecule has 1 saturated heterocycles. The molecule has 116 valence electrons. The molecular weight excluding hydrogens is 294 g/mol. The summed E-state index contributed by atoms with van der Waals surface area (Å²) < 4.78 is 0. The number of halogens is 1. The van der Waals surface area contributed by atoms with Crippen LogP contribution < -0.4 is 0 Å². The second kappa shape index (κ2) is 7.23. The van der Waals surface area contributed by atoms with Crippen LogP contribution in [0.15, 0.2) is 42.7 Å². The average molecular weight is 316 g/mol. The molecule has 0 spiro atoms. The molecule has 2 aromatic rings. The highest BCUT2D eigenvalue weighted by Gasteiger charge is 2.17. The molecule has 1 aliphatic rings. The SMILES string of the molecule is Cc1cncc(CN2CCN(Cc3cccc(Cl)c3)CC2)c1. The minimum absolute atomic E-state index is 0.822. The molecule has 1 aromatic carbocycles. The Hall–Kier alpha value is -1.42. The summed E-state index contributed by atoms with van der Waals surface area (Å²) in [5.41, 5.74) is 3.84. The fourth-order valence-electron chi connectivity index (χ4n) is 2.96. The first-order valence-electron chi connectivity index (χ1n) is 7.79. The van der Waals surface area contributed by atoms with Gasteiger partial charge in [-0.3, -0.25) is 14.8 Å². The Balaban J connectivity index is 1.50. The zero-order chi connectivity index (χ0) is 15.4. The summed E-state index contributed by atoms with van der Waals surface area (Å²) in [6, 6.07) is 10.4. The molecule has 0 aliphatic carbocycles. The number of hydrogen-bond donors (Lipinski definition) is 0. The van der Waals surface area contributed by atoms with Crippen molar-refractivity contribution in [2.45, 2.75) is 20.0 Å². The van der Waals surface area contributed by atoms with Crippen LogP contribution in [0.3, 0.4) is 0 Å². The molecule has 1 fully saturated rings. The van der Waals surface area contributed by atoms with Crippen molar-refractivity contribution in [3.63, 3.8) is 0 Å². The molecule has 2 heterocycles. The molecule has 3 nitrogen and oxygen atoms in total. The van der Waals surface area contributed by atoms with Crippen molar-refractivity contribution < 1.29 is 0 Å². The topological polar surface area (TPSA) is 19.4 Å². The Bertz CT molecular complexity index is 566. The fraction of sp³-hybridized carbons (Fsp3) is 0.389. The minimum atomic E-state index is 0.822. The maximum Gasteiger partial charge on any atom is 0.0409 e. The van der Waals surface area contributed by atoms with E-state index in [4.69, 9.17) is 11.6 Å². The van der Waals surface area contributed by atoms with Gasteiger partial charge < -0.3 is 0 Å². The zero-order valence-corrected chi connectivity index (χ0v) is 13.8. The Morgan fingerprint density at radius 1 is 0.955 bits per heavy atom. The van der Waals surface area contributed by atoms with Gasteiger partial charge >= 0.3 is 0 Å². The predicted molar refractivity (Wildman–Crippen MR) is 91.0 cm³/mol. The van der Waals surface area contributed by atoms with E-state index in [-0.39, 0.29) is 0 Å². The van der Waals surface area contributed by atoms with Crippen molar-refractivity contribution in [2.24, 2.45) is 0 Å². The number of pyridine rings is 1. The number of hydrogen-bond acceptors (Lipinski definition) is 3. The largest absolute Gasteiger partial charge is 0.297 e. The fourth-order valence-corrected chi connectivity index (χ4v) is 3.17. The summed E-state index contributed by atoms with van der Waals surface area (Å²) >= 11 is 6.06. The van der Waals surface area contributed by atoms with Crippen LogP contribution in [-0.2, 0) is 13.1 Å². The summed E-state index contributed by atoms with van der Waals surface area (Å²) in [4.78, 5) is 9.28. The van der Waals surface area contributed by atoms with Gasteiger partial charge in [0.05, 0.1) is 0 Å². The third kappa shape index (κ3) is 4.29. The lowest BCUT2D eigenvalue weighted by Gasteiger charge is -2.34. The molecular formula is C18H22ClN3. The van der Waals surface area contributed by atoms with Crippen LogP contribution in [0, 0.1) is 6.92 Å². The van der Waals surface area contributed by atoms with Crippen molar-refractivity contribution in [1.29, 1.82) is 0 Å². The molecule has 0 saturated carbocycles. The number of aromatic nitrogens is 1. The van der Waals surface area contributed by atoms with Crippen molar-refractivity contribution in [1.82, 2.24) is 14.8 Å². The van der Waals surface area contributed by atoms with Crippen LogP contribution in [0.5, 0.6) is 0 Å². The summed E-state index contributed by atoms with van der Waals surface area (Å²) in [5, 5.41) is 0.822. The normalized spacial score (nSPS) is 16.8. The van der Waals surface area contributed by atoms with Crippen LogP contribution in [-0.4, -0.2) is 41.0 Å². The lowest BCUT2D eigenvalue weighted by molar-refractivity contribution is 0.122. The highest BCUT2D eigenvalue weighted by atomic mass is 35.5. The molecule has 0 N–H and O–H groups in total. The van der Waals surface area contributed by atoms with Gasteiger partial charge in [0.25, 0.3) is 0 Å². The van der Waals surface area contributed by atoms with Gasteiger partial charge in [0, 0.05) is 56.7 Å². The van der Waals surface area contributed by atoms with E-state index in [9.17, 15) is 0 Å². The lowest BCUT2D eigenvalue weighted by Crippen LogP contribution is -2.45. The molecule has 4 heteroatoms. The third-order valence-electron chi connectivity index (χ3n) is 4.10. The second-order valence-corrected chi connectivity index (χ2v) is 6.49. The standard InChI is InChI=1S/C18H22ClN3/c1-15-9-17(12-20-11-15)14-22-7-5-21(6-8-22)13-16-3-2-4-18(19)10-16/h2-4,9-12H,5-8,13-14H2,1H3. The van der Waals surface area contributed by atoms with E-state index in [2.05, 4.69) is 39.9 Å². The summed E-state index contributed by atoms with van der Waals surface area (Å²) in [5.74, 6) is 0. The first-order valence-corrected chi connectivity index (χ1v) is 8.16. The van der Waals surface area contributed by atoms with Gasteiger partial charge in [0.1, 0.15) is 0 Å². The lowest BCUT2D eigenvalue weighted by atomic mass is 10.1. The van der Waals surface area contributed by atoms with Gasteiger partial charge in [-0.2, -0.15) is 0 Å². The monoisotopic (exact) mass is 315 g/mol. The van der Waals surface area contributed by atoms with Crippen molar-refractivity contribution in [3.05, 3.63) is 64.4 Å². The smallest absolute Gasteiger partial charge is 0.0409 e. The Morgan fingerprint density at radius 3 is 2.27 bits per heavy atom. The van der Waals surface area contributed by atoms with Crippen LogP contribution >= 0.6 is 11.6 Å². The minimum Gasteiger partial charge on any atom is -0.297 e. The van der Waals surface area contributed by atoms with Gasteiger partial charge in [-0.25, -0.2) is 0 Å². The number of nitrogens with zero attached hydrogens (tertiary/aromatic N) is 3. The first-order chi connectivity index (χ1) is 10.7. The van der Waals surface area contributed by atoms with Gasteiger partial charge in [-0.05, 0) is 35.7 Å². The predicted octanol–water partition coefficient (Wildman–Crippen LogP) is 3.36. The van der Waals surface area contributed by atoms with Gasteiger partial charge in [0.15, 0.2) is 0 Å². The molecule has 22 heavy (non-hydrogen) atoms. The molecule has 0 amide bonds. The highest BCUT2D eigenvalue weighted by Crippen LogP contribution is 2.15. The molecule has 1 aromatic heterocycles. The number of aryl methyl sites for hydroxylation is 1. The van der Waals surface area contributed by atoms with E-state index in [1.807, 2.05) is 24.5 Å². The third-order valence-corrected chi connectivity index (χ3v) is 4.33. The number of rotatable bonds is 4. The first kappa shape index (κ1) is 15.5. The van der Waals surface area contributed by atoms with Gasteiger partial charge in [-0.15, -0.1) is 0 Å². The molecule has 0 bridgehead atoms. The summed E-state index contributed by atoms with van der Waals surface area (Å²) in [6.07, 6.45) is 3.89. The van der Waals surface area contributed by atoms with Crippen LogP contribution in [0.2, 0.25) is 5.02 Å². The number of benzene rings is 1. The van der Waals surface area contributed by atoms with E-state index in [1.165, 1.54) is 16.7 Å². The maximum absolute atomic E-state index is 6.06. The Labute approximate surface area is 137 Å². The molecule has 3 rings (SSSR count). The van der Waals surface area contributed by atoms with Crippen LogP contribution in [0.1, 0.15) is 16.7 Å². The van der Waals surface area contributed by atoms with Crippen molar-refractivity contribution in [2.75, 3.05) is 26.2 Å². The maximum atomic E-state index is 6.06. The molecule has 1 aliphatic heterocycles. The van der Waals surface area contributed by atoms with E-state index in [0.29, 0.717) is 0 Å². The Morgan fingerprint density at radius 2 is 1.64 bits per heavy atom. The van der Waals surface area contributed by atoms with Gasteiger partial charge in [-0.1, -0.05) is 29.8 Å². The average Bonchev–Trinajstić information content (AvgIpc) is 2.49. The second-order valence-electron chi connectivity index (χ2n) is 6.05.